The molecule has 3 nitrogen and oxygen atoms in total. The number of rotatable bonds is 7. The summed E-state index contributed by atoms with van der Waals surface area (Å²) in [6.07, 6.45) is 3.89. The van der Waals surface area contributed by atoms with E-state index in [1.165, 1.54) is 6.07 Å². The van der Waals surface area contributed by atoms with E-state index in [9.17, 15) is 13.9 Å². The molecule has 2 atom stereocenters. The van der Waals surface area contributed by atoms with Crippen molar-refractivity contribution in [2.75, 3.05) is 19.8 Å². The van der Waals surface area contributed by atoms with Gasteiger partial charge in [-0.15, -0.1) is 0 Å². The van der Waals surface area contributed by atoms with Crippen molar-refractivity contribution in [3.8, 4) is 5.75 Å². The number of likely N-dealkylation sites (N-methyl/N-ethyl adjacent to an activating group) is 1. The summed E-state index contributed by atoms with van der Waals surface area (Å²) in [4.78, 5) is 0. The van der Waals surface area contributed by atoms with E-state index >= 15 is 0 Å². The Morgan fingerprint density at radius 3 is 2.86 bits per heavy atom. The highest BCUT2D eigenvalue weighted by Crippen LogP contribution is 2.37. The maximum atomic E-state index is 13.1. The minimum absolute atomic E-state index is 0.122. The van der Waals surface area contributed by atoms with Gasteiger partial charge in [0.15, 0.2) is 11.6 Å². The Hall–Kier alpha value is -1.20. The van der Waals surface area contributed by atoms with Crippen molar-refractivity contribution in [1.82, 2.24) is 5.32 Å². The number of hydrogen-bond donors (Lipinski definition) is 2. The average Bonchev–Trinajstić information content (AvgIpc) is 2.87. The third-order valence-electron chi connectivity index (χ3n) is 4.39. The molecule has 0 bridgehead atoms. The average molecular weight is 299 g/mol. The van der Waals surface area contributed by atoms with Crippen LogP contribution in [0.1, 0.15) is 32.6 Å². The van der Waals surface area contributed by atoms with Crippen molar-refractivity contribution >= 4 is 0 Å². The molecule has 0 heterocycles. The van der Waals surface area contributed by atoms with Gasteiger partial charge in [-0.25, -0.2) is 8.78 Å². The second kappa shape index (κ2) is 7.18. The van der Waals surface area contributed by atoms with Crippen LogP contribution < -0.4 is 10.1 Å². The van der Waals surface area contributed by atoms with Crippen LogP contribution in [0.2, 0.25) is 0 Å². The van der Waals surface area contributed by atoms with Crippen molar-refractivity contribution in [3.63, 3.8) is 0 Å². The van der Waals surface area contributed by atoms with Gasteiger partial charge in [0.2, 0.25) is 0 Å². The highest BCUT2D eigenvalue weighted by atomic mass is 19.2. The van der Waals surface area contributed by atoms with Crippen LogP contribution in [0.4, 0.5) is 8.78 Å². The molecule has 1 saturated carbocycles. The summed E-state index contributed by atoms with van der Waals surface area (Å²) in [7, 11) is 0. The lowest BCUT2D eigenvalue weighted by molar-refractivity contribution is 0.111. The SMILES string of the molecule is CCNC1(CO)CCCC1CCOc1ccc(F)c(F)c1. The van der Waals surface area contributed by atoms with Crippen LogP contribution in [-0.4, -0.2) is 30.4 Å². The van der Waals surface area contributed by atoms with Gasteiger partial charge in [-0.3, -0.25) is 0 Å². The van der Waals surface area contributed by atoms with Crippen molar-refractivity contribution in [2.24, 2.45) is 5.92 Å². The van der Waals surface area contributed by atoms with Crippen molar-refractivity contribution in [3.05, 3.63) is 29.8 Å². The zero-order valence-corrected chi connectivity index (χ0v) is 12.4. The Morgan fingerprint density at radius 1 is 1.38 bits per heavy atom. The Bertz CT molecular complexity index is 470. The summed E-state index contributed by atoms with van der Waals surface area (Å²) in [5.41, 5.74) is -0.216. The quantitative estimate of drug-likeness (QED) is 0.813. The maximum absolute atomic E-state index is 13.1. The molecule has 0 spiro atoms. The molecule has 1 aliphatic carbocycles. The number of benzene rings is 1. The summed E-state index contributed by atoms with van der Waals surface area (Å²) in [6, 6.07) is 3.56. The third kappa shape index (κ3) is 3.71. The zero-order valence-electron chi connectivity index (χ0n) is 12.4. The highest BCUT2D eigenvalue weighted by molar-refractivity contribution is 5.23. The van der Waals surface area contributed by atoms with Gasteiger partial charge in [0.05, 0.1) is 13.2 Å². The van der Waals surface area contributed by atoms with Crippen LogP contribution in [0.3, 0.4) is 0 Å². The molecule has 2 unspecified atom stereocenters. The van der Waals surface area contributed by atoms with Crippen molar-refractivity contribution in [1.29, 1.82) is 0 Å². The minimum Gasteiger partial charge on any atom is -0.493 e. The lowest BCUT2D eigenvalue weighted by Gasteiger charge is -2.34. The molecule has 0 saturated heterocycles. The third-order valence-corrected chi connectivity index (χ3v) is 4.39. The van der Waals surface area contributed by atoms with E-state index in [4.69, 9.17) is 4.74 Å². The molecule has 21 heavy (non-hydrogen) atoms. The van der Waals surface area contributed by atoms with E-state index in [2.05, 4.69) is 5.32 Å². The fourth-order valence-corrected chi connectivity index (χ4v) is 3.30. The van der Waals surface area contributed by atoms with Crippen LogP contribution in [0.15, 0.2) is 18.2 Å². The summed E-state index contributed by atoms with van der Waals surface area (Å²) in [6.45, 7) is 3.41. The van der Waals surface area contributed by atoms with Gasteiger partial charge < -0.3 is 15.2 Å². The molecule has 2 N–H and O–H groups in total. The van der Waals surface area contributed by atoms with E-state index in [1.54, 1.807) is 0 Å². The Labute approximate surface area is 124 Å². The van der Waals surface area contributed by atoms with Gasteiger partial charge in [0.25, 0.3) is 0 Å². The second-order valence-corrected chi connectivity index (χ2v) is 5.65. The molecule has 0 aromatic heterocycles. The minimum atomic E-state index is -0.897. The maximum Gasteiger partial charge on any atom is 0.162 e. The molecule has 1 aromatic rings. The van der Waals surface area contributed by atoms with Gasteiger partial charge in [0.1, 0.15) is 5.75 Å². The molecular formula is C16H23F2NO2. The Balaban J connectivity index is 1.88. The first-order valence-electron chi connectivity index (χ1n) is 7.55. The predicted molar refractivity (Wildman–Crippen MR) is 77.3 cm³/mol. The smallest absolute Gasteiger partial charge is 0.162 e. The van der Waals surface area contributed by atoms with Gasteiger partial charge in [0, 0.05) is 11.6 Å². The predicted octanol–water partition coefficient (Wildman–Crippen LogP) is 2.87. The fourth-order valence-electron chi connectivity index (χ4n) is 3.30. The molecule has 0 radical (unpaired) electrons. The normalized spacial score (nSPS) is 25.2. The molecule has 2 rings (SSSR count). The topological polar surface area (TPSA) is 41.5 Å². The van der Waals surface area contributed by atoms with Crippen molar-refractivity contribution < 1.29 is 18.6 Å². The summed E-state index contributed by atoms with van der Waals surface area (Å²) < 4.78 is 31.4. The molecule has 0 aliphatic heterocycles. The number of aliphatic hydroxyl groups is 1. The first kappa shape index (κ1) is 16.2. The molecule has 1 aliphatic rings. The van der Waals surface area contributed by atoms with Crippen LogP contribution in [0.25, 0.3) is 0 Å². The van der Waals surface area contributed by atoms with E-state index in [-0.39, 0.29) is 12.1 Å². The second-order valence-electron chi connectivity index (χ2n) is 5.65. The van der Waals surface area contributed by atoms with Gasteiger partial charge in [-0.2, -0.15) is 0 Å². The number of hydrogen-bond acceptors (Lipinski definition) is 3. The summed E-state index contributed by atoms with van der Waals surface area (Å²) >= 11 is 0. The fraction of sp³-hybridized carbons (Fsp3) is 0.625. The molecule has 118 valence electrons. The standard InChI is InChI=1S/C16H23F2NO2/c1-2-19-16(11-20)8-3-4-12(16)7-9-21-13-5-6-14(17)15(18)10-13/h5-6,10,12,19-20H,2-4,7-9,11H2,1H3. The number of ether oxygens (including phenoxy) is 1. The first-order valence-corrected chi connectivity index (χ1v) is 7.55. The number of aliphatic hydroxyl groups excluding tert-OH is 1. The number of nitrogens with one attached hydrogen (secondary N) is 1. The Morgan fingerprint density at radius 2 is 2.19 bits per heavy atom. The zero-order chi connectivity index (χ0) is 15.3. The molecule has 5 heteroatoms. The van der Waals surface area contributed by atoms with E-state index < -0.39 is 11.6 Å². The highest BCUT2D eigenvalue weighted by Gasteiger charge is 2.41. The van der Waals surface area contributed by atoms with Crippen LogP contribution in [-0.2, 0) is 0 Å². The largest absolute Gasteiger partial charge is 0.493 e. The molecule has 1 fully saturated rings. The van der Waals surface area contributed by atoms with Crippen molar-refractivity contribution in [2.45, 2.75) is 38.1 Å². The van der Waals surface area contributed by atoms with Crippen LogP contribution in [0, 0.1) is 17.6 Å². The first-order chi connectivity index (χ1) is 10.1. The lowest BCUT2D eigenvalue weighted by Crippen LogP contribution is -2.51. The van der Waals surface area contributed by atoms with E-state index in [0.29, 0.717) is 18.3 Å². The molecule has 0 amide bonds. The molecule has 1 aromatic carbocycles. The molecular weight excluding hydrogens is 276 g/mol. The summed E-state index contributed by atoms with van der Waals surface area (Å²) in [5.74, 6) is -1.09. The van der Waals surface area contributed by atoms with Gasteiger partial charge >= 0.3 is 0 Å². The Kier molecular flexibility index (Phi) is 5.53. The number of halogens is 2. The van der Waals surface area contributed by atoms with E-state index in [0.717, 1.165) is 44.4 Å². The van der Waals surface area contributed by atoms with Crippen LogP contribution >= 0.6 is 0 Å². The van der Waals surface area contributed by atoms with Gasteiger partial charge in [-0.05, 0) is 43.9 Å². The van der Waals surface area contributed by atoms with Crippen LogP contribution in [0.5, 0.6) is 5.75 Å². The monoisotopic (exact) mass is 299 g/mol. The van der Waals surface area contributed by atoms with Gasteiger partial charge in [-0.1, -0.05) is 13.3 Å². The van der Waals surface area contributed by atoms with E-state index in [1.807, 2.05) is 6.92 Å². The summed E-state index contributed by atoms with van der Waals surface area (Å²) in [5, 5.41) is 13.1. The lowest BCUT2D eigenvalue weighted by atomic mass is 9.85.